The molecule has 0 aliphatic rings. The SMILES string of the molecule is CC.COCCCc1ccc(C)cc1. The van der Waals surface area contributed by atoms with Gasteiger partial charge in [0.25, 0.3) is 0 Å². The van der Waals surface area contributed by atoms with Gasteiger partial charge < -0.3 is 4.74 Å². The Morgan fingerprint density at radius 1 is 1.07 bits per heavy atom. The Morgan fingerprint density at radius 3 is 2.14 bits per heavy atom. The van der Waals surface area contributed by atoms with E-state index in [-0.39, 0.29) is 0 Å². The molecule has 0 bridgehead atoms. The van der Waals surface area contributed by atoms with Gasteiger partial charge in [0, 0.05) is 13.7 Å². The first-order valence-electron chi connectivity index (χ1n) is 5.37. The molecular weight excluding hydrogens is 172 g/mol. The molecule has 0 radical (unpaired) electrons. The highest BCUT2D eigenvalue weighted by Gasteiger charge is 1.91. The van der Waals surface area contributed by atoms with E-state index in [2.05, 4.69) is 31.2 Å². The summed E-state index contributed by atoms with van der Waals surface area (Å²) >= 11 is 0. The molecule has 0 N–H and O–H groups in total. The molecule has 0 aliphatic carbocycles. The molecule has 14 heavy (non-hydrogen) atoms. The highest BCUT2D eigenvalue weighted by Crippen LogP contribution is 2.05. The summed E-state index contributed by atoms with van der Waals surface area (Å²) in [5, 5.41) is 0. The number of ether oxygens (including phenoxy) is 1. The zero-order valence-corrected chi connectivity index (χ0v) is 9.84. The maximum Gasteiger partial charge on any atom is 0.0465 e. The van der Waals surface area contributed by atoms with Gasteiger partial charge >= 0.3 is 0 Å². The van der Waals surface area contributed by atoms with Crippen molar-refractivity contribution in [2.75, 3.05) is 13.7 Å². The smallest absolute Gasteiger partial charge is 0.0465 e. The zero-order valence-electron chi connectivity index (χ0n) is 9.84. The fourth-order valence-corrected chi connectivity index (χ4v) is 1.18. The maximum absolute atomic E-state index is 4.99. The summed E-state index contributed by atoms with van der Waals surface area (Å²) in [6, 6.07) is 8.68. The minimum atomic E-state index is 0.855. The van der Waals surface area contributed by atoms with Crippen LogP contribution >= 0.6 is 0 Å². The second kappa shape index (κ2) is 8.76. The van der Waals surface area contributed by atoms with E-state index in [0.717, 1.165) is 19.4 Å². The number of aryl methyl sites for hydroxylation is 2. The van der Waals surface area contributed by atoms with Gasteiger partial charge in [0.15, 0.2) is 0 Å². The van der Waals surface area contributed by atoms with Crippen LogP contribution in [-0.2, 0) is 11.2 Å². The second-order valence-corrected chi connectivity index (χ2v) is 3.08. The lowest BCUT2D eigenvalue weighted by atomic mass is 10.1. The van der Waals surface area contributed by atoms with Gasteiger partial charge in [0.1, 0.15) is 0 Å². The summed E-state index contributed by atoms with van der Waals surface area (Å²) in [5.74, 6) is 0. The van der Waals surface area contributed by atoms with Crippen LogP contribution in [-0.4, -0.2) is 13.7 Å². The molecule has 80 valence electrons. The quantitative estimate of drug-likeness (QED) is 0.665. The lowest BCUT2D eigenvalue weighted by molar-refractivity contribution is 0.195. The van der Waals surface area contributed by atoms with E-state index in [0.29, 0.717) is 0 Å². The molecule has 0 atom stereocenters. The van der Waals surface area contributed by atoms with Crippen LogP contribution in [0.15, 0.2) is 24.3 Å². The monoisotopic (exact) mass is 194 g/mol. The molecule has 0 saturated heterocycles. The number of methoxy groups -OCH3 is 1. The summed E-state index contributed by atoms with van der Waals surface area (Å²) in [6.07, 6.45) is 2.23. The molecule has 0 aliphatic heterocycles. The van der Waals surface area contributed by atoms with E-state index >= 15 is 0 Å². The van der Waals surface area contributed by atoms with E-state index in [1.807, 2.05) is 13.8 Å². The first kappa shape index (κ1) is 13.2. The van der Waals surface area contributed by atoms with Crippen molar-refractivity contribution in [1.82, 2.24) is 0 Å². The third kappa shape index (κ3) is 5.76. The Kier molecular flexibility index (Phi) is 8.25. The van der Waals surface area contributed by atoms with Crippen molar-refractivity contribution in [1.29, 1.82) is 0 Å². The van der Waals surface area contributed by atoms with Crippen molar-refractivity contribution < 1.29 is 4.74 Å². The first-order valence-corrected chi connectivity index (χ1v) is 5.37. The second-order valence-electron chi connectivity index (χ2n) is 3.08. The number of hydrogen-bond acceptors (Lipinski definition) is 1. The highest BCUT2D eigenvalue weighted by atomic mass is 16.5. The van der Waals surface area contributed by atoms with Crippen LogP contribution in [0, 0.1) is 6.92 Å². The number of benzene rings is 1. The lowest BCUT2D eigenvalue weighted by Gasteiger charge is -2.00. The average Bonchev–Trinajstić information content (AvgIpc) is 2.24. The fraction of sp³-hybridized carbons (Fsp3) is 0.538. The Labute approximate surface area is 88.1 Å². The predicted octanol–water partition coefficient (Wildman–Crippen LogP) is 3.60. The Bertz CT molecular complexity index is 213. The Balaban J connectivity index is 0.000000791. The molecule has 0 spiro atoms. The van der Waals surface area contributed by atoms with Crippen LogP contribution in [0.3, 0.4) is 0 Å². The van der Waals surface area contributed by atoms with Crippen LogP contribution in [0.4, 0.5) is 0 Å². The molecule has 1 heteroatoms. The van der Waals surface area contributed by atoms with Gasteiger partial charge in [0.2, 0.25) is 0 Å². The minimum absolute atomic E-state index is 0.855. The molecular formula is C13H22O. The highest BCUT2D eigenvalue weighted by molar-refractivity contribution is 5.21. The van der Waals surface area contributed by atoms with Crippen LogP contribution in [0.5, 0.6) is 0 Å². The molecule has 1 rings (SSSR count). The van der Waals surface area contributed by atoms with Gasteiger partial charge in [-0.2, -0.15) is 0 Å². The van der Waals surface area contributed by atoms with Crippen LogP contribution < -0.4 is 0 Å². The standard InChI is InChI=1S/C11H16O.C2H6/c1-10-5-7-11(8-6-10)4-3-9-12-2;1-2/h5-8H,3-4,9H2,1-2H3;1-2H3. The number of hydrogen-bond donors (Lipinski definition) is 0. The molecule has 0 amide bonds. The van der Waals surface area contributed by atoms with Crippen molar-refractivity contribution in [3.63, 3.8) is 0 Å². The van der Waals surface area contributed by atoms with Gasteiger partial charge in [-0.15, -0.1) is 0 Å². The predicted molar refractivity (Wildman–Crippen MR) is 62.7 cm³/mol. The van der Waals surface area contributed by atoms with Crippen molar-refractivity contribution >= 4 is 0 Å². The van der Waals surface area contributed by atoms with E-state index < -0.39 is 0 Å². The minimum Gasteiger partial charge on any atom is -0.385 e. The normalized spacial score (nSPS) is 9.14. The molecule has 0 aromatic heterocycles. The van der Waals surface area contributed by atoms with E-state index in [1.54, 1.807) is 7.11 Å². The van der Waals surface area contributed by atoms with Gasteiger partial charge in [-0.1, -0.05) is 43.7 Å². The molecule has 1 aromatic carbocycles. The average molecular weight is 194 g/mol. The third-order valence-corrected chi connectivity index (χ3v) is 1.93. The summed E-state index contributed by atoms with van der Waals surface area (Å²) in [6.45, 7) is 6.97. The summed E-state index contributed by atoms with van der Waals surface area (Å²) in [5.41, 5.74) is 2.73. The number of rotatable bonds is 4. The van der Waals surface area contributed by atoms with Crippen molar-refractivity contribution in [2.45, 2.75) is 33.6 Å². The Morgan fingerprint density at radius 2 is 1.64 bits per heavy atom. The van der Waals surface area contributed by atoms with E-state index in [9.17, 15) is 0 Å². The topological polar surface area (TPSA) is 9.23 Å². The van der Waals surface area contributed by atoms with Gasteiger partial charge in [-0.25, -0.2) is 0 Å². The molecule has 0 fully saturated rings. The molecule has 1 aromatic rings. The molecule has 0 heterocycles. The fourth-order valence-electron chi connectivity index (χ4n) is 1.18. The summed E-state index contributed by atoms with van der Waals surface area (Å²) < 4.78 is 4.99. The molecule has 0 saturated carbocycles. The van der Waals surface area contributed by atoms with Crippen LogP contribution in [0.25, 0.3) is 0 Å². The van der Waals surface area contributed by atoms with Crippen molar-refractivity contribution in [3.05, 3.63) is 35.4 Å². The van der Waals surface area contributed by atoms with Gasteiger partial charge in [-0.3, -0.25) is 0 Å². The largest absolute Gasteiger partial charge is 0.385 e. The first-order chi connectivity index (χ1) is 6.83. The maximum atomic E-state index is 4.99. The van der Waals surface area contributed by atoms with E-state index in [1.165, 1.54) is 11.1 Å². The van der Waals surface area contributed by atoms with Crippen molar-refractivity contribution in [2.24, 2.45) is 0 Å². The lowest BCUT2D eigenvalue weighted by Crippen LogP contribution is -1.92. The zero-order chi connectivity index (χ0) is 10.8. The molecule has 0 unspecified atom stereocenters. The van der Waals surface area contributed by atoms with Gasteiger partial charge in [0.05, 0.1) is 0 Å². The van der Waals surface area contributed by atoms with Crippen LogP contribution in [0.1, 0.15) is 31.4 Å². The molecule has 1 nitrogen and oxygen atoms in total. The third-order valence-electron chi connectivity index (χ3n) is 1.93. The summed E-state index contributed by atoms with van der Waals surface area (Å²) in [4.78, 5) is 0. The van der Waals surface area contributed by atoms with E-state index in [4.69, 9.17) is 4.74 Å². The van der Waals surface area contributed by atoms with Crippen molar-refractivity contribution in [3.8, 4) is 0 Å². The summed E-state index contributed by atoms with van der Waals surface area (Å²) in [7, 11) is 1.75. The van der Waals surface area contributed by atoms with Gasteiger partial charge in [-0.05, 0) is 25.3 Å². The van der Waals surface area contributed by atoms with Crippen LogP contribution in [0.2, 0.25) is 0 Å². The Hall–Kier alpha value is -0.820.